The molecular formula is C24H14Cl2O4. The predicted molar refractivity (Wildman–Crippen MR) is 117 cm³/mol. The summed E-state index contributed by atoms with van der Waals surface area (Å²) in [4.78, 5) is 25.1. The Morgan fingerprint density at radius 1 is 0.533 bits per heavy atom. The number of benzene rings is 4. The number of esters is 2. The summed E-state index contributed by atoms with van der Waals surface area (Å²) in [6.07, 6.45) is 0. The van der Waals surface area contributed by atoms with Crippen LogP contribution in [0, 0.1) is 0 Å². The molecule has 0 aliphatic rings. The summed E-state index contributed by atoms with van der Waals surface area (Å²) in [7, 11) is 0. The SMILES string of the molecule is O=C(Oc1c(Cl)c(Cl)c(OC(=O)c2ccccc2)c2ccccc12)c1ccccc1. The van der Waals surface area contributed by atoms with E-state index in [4.69, 9.17) is 32.7 Å². The highest BCUT2D eigenvalue weighted by Gasteiger charge is 2.23. The fourth-order valence-corrected chi connectivity index (χ4v) is 3.42. The molecule has 4 aromatic rings. The third-order valence-corrected chi connectivity index (χ3v) is 5.23. The molecule has 0 atom stereocenters. The normalized spacial score (nSPS) is 10.6. The van der Waals surface area contributed by atoms with Gasteiger partial charge in [-0.05, 0) is 24.3 Å². The number of rotatable bonds is 4. The lowest BCUT2D eigenvalue weighted by molar-refractivity contribution is 0.0723. The van der Waals surface area contributed by atoms with E-state index in [2.05, 4.69) is 0 Å². The van der Waals surface area contributed by atoms with Crippen molar-refractivity contribution in [3.8, 4) is 11.5 Å². The zero-order valence-corrected chi connectivity index (χ0v) is 17.0. The maximum absolute atomic E-state index is 12.6. The molecule has 0 amide bonds. The van der Waals surface area contributed by atoms with Gasteiger partial charge in [-0.1, -0.05) is 83.9 Å². The topological polar surface area (TPSA) is 52.6 Å². The Bertz CT molecular complexity index is 1140. The molecule has 0 aliphatic heterocycles. The Labute approximate surface area is 182 Å². The third kappa shape index (κ3) is 3.88. The molecular weight excluding hydrogens is 423 g/mol. The lowest BCUT2D eigenvalue weighted by atomic mass is 10.1. The molecule has 148 valence electrons. The first kappa shape index (κ1) is 20.0. The van der Waals surface area contributed by atoms with Gasteiger partial charge >= 0.3 is 11.9 Å². The number of carbonyl (C=O) groups is 2. The monoisotopic (exact) mass is 436 g/mol. The summed E-state index contributed by atoms with van der Waals surface area (Å²) >= 11 is 12.9. The molecule has 0 saturated heterocycles. The number of fused-ring (bicyclic) bond motifs is 1. The minimum Gasteiger partial charge on any atom is -0.421 e. The molecule has 0 fully saturated rings. The van der Waals surface area contributed by atoms with Gasteiger partial charge in [0.05, 0.1) is 11.1 Å². The quantitative estimate of drug-likeness (QED) is 0.267. The number of hydrogen-bond donors (Lipinski definition) is 0. The third-order valence-electron chi connectivity index (χ3n) is 4.42. The molecule has 6 heteroatoms. The maximum atomic E-state index is 12.6. The summed E-state index contributed by atoms with van der Waals surface area (Å²) in [5.41, 5.74) is 0.738. The van der Waals surface area contributed by atoms with Crippen LogP contribution in [-0.2, 0) is 0 Å². The molecule has 30 heavy (non-hydrogen) atoms. The molecule has 0 bridgehead atoms. The summed E-state index contributed by atoms with van der Waals surface area (Å²) in [6, 6.07) is 24.0. The fraction of sp³-hybridized carbons (Fsp3) is 0. The van der Waals surface area contributed by atoms with E-state index in [-0.39, 0.29) is 21.5 Å². The van der Waals surface area contributed by atoms with Crippen LogP contribution in [-0.4, -0.2) is 11.9 Å². The van der Waals surface area contributed by atoms with E-state index >= 15 is 0 Å². The van der Waals surface area contributed by atoms with E-state index in [1.807, 2.05) is 0 Å². The Morgan fingerprint density at radius 2 is 0.867 bits per heavy atom. The van der Waals surface area contributed by atoms with Crippen molar-refractivity contribution >= 4 is 45.9 Å². The van der Waals surface area contributed by atoms with Gasteiger partial charge in [-0.15, -0.1) is 0 Å². The van der Waals surface area contributed by atoms with Crippen molar-refractivity contribution in [1.82, 2.24) is 0 Å². The highest BCUT2D eigenvalue weighted by Crippen LogP contribution is 2.47. The van der Waals surface area contributed by atoms with Crippen LogP contribution in [0.1, 0.15) is 20.7 Å². The number of hydrogen-bond acceptors (Lipinski definition) is 4. The maximum Gasteiger partial charge on any atom is 0.343 e. The summed E-state index contributed by atoms with van der Waals surface area (Å²) < 4.78 is 11.1. The molecule has 4 nitrogen and oxygen atoms in total. The molecule has 0 aliphatic carbocycles. The van der Waals surface area contributed by atoms with Gasteiger partial charge < -0.3 is 9.47 Å². The van der Waals surface area contributed by atoms with Crippen molar-refractivity contribution in [2.24, 2.45) is 0 Å². The first-order valence-electron chi connectivity index (χ1n) is 9.00. The molecule has 0 N–H and O–H groups in total. The Balaban J connectivity index is 1.77. The van der Waals surface area contributed by atoms with Crippen LogP contribution >= 0.6 is 23.2 Å². The molecule has 0 saturated carbocycles. The van der Waals surface area contributed by atoms with Gasteiger partial charge in [0, 0.05) is 10.8 Å². The standard InChI is InChI=1S/C24H14Cl2O4/c25-19-20(26)22(30-24(28)16-11-5-2-6-12-16)18-14-8-7-13-17(18)21(19)29-23(27)15-9-3-1-4-10-15/h1-14H. The Hall–Kier alpha value is -3.34. The predicted octanol–water partition coefficient (Wildman–Crippen LogP) is 6.59. The number of ether oxygens (including phenoxy) is 2. The van der Waals surface area contributed by atoms with E-state index < -0.39 is 11.9 Å². The van der Waals surface area contributed by atoms with Crippen LogP contribution in [0.25, 0.3) is 10.8 Å². The van der Waals surface area contributed by atoms with Gasteiger partial charge in [-0.25, -0.2) is 9.59 Å². The van der Waals surface area contributed by atoms with Crippen LogP contribution in [0.15, 0.2) is 84.9 Å². The highest BCUT2D eigenvalue weighted by molar-refractivity contribution is 6.45. The number of halogens is 2. The summed E-state index contributed by atoms with van der Waals surface area (Å²) in [6.45, 7) is 0. The number of carbonyl (C=O) groups excluding carboxylic acids is 2. The largest absolute Gasteiger partial charge is 0.421 e. The van der Waals surface area contributed by atoms with Crippen molar-refractivity contribution in [2.45, 2.75) is 0 Å². The molecule has 0 heterocycles. The molecule has 0 unspecified atom stereocenters. The van der Waals surface area contributed by atoms with Gasteiger partial charge in [0.15, 0.2) is 11.5 Å². The molecule has 0 radical (unpaired) electrons. The molecule has 4 aromatic carbocycles. The highest BCUT2D eigenvalue weighted by atomic mass is 35.5. The van der Waals surface area contributed by atoms with E-state index in [9.17, 15) is 9.59 Å². The van der Waals surface area contributed by atoms with E-state index in [1.54, 1.807) is 84.9 Å². The average Bonchev–Trinajstić information content (AvgIpc) is 2.80. The minimum absolute atomic E-state index is 0.0180. The molecule has 0 spiro atoms. The van der Waals surface area contributed by atoms with E-state index in [0.29, 0.717) is 21.9 Å². The fourth-order valence-electron chi connectivity index (χ4n) is 2.97. The molecule has 0 aromatic heterocycles. The lowest BCUT2D eigenvalue weighted by Gasteiger charge is -2.16. The van der Waals surface area contributed by atoms with Gasteiger partial charge in [-0.2, -0.15) is 0 Å². The van der Waals surface area contributed by atoms with E-state index in [0.717, 1.165) is 0 Å². The first-order valence-corrected chi connectivity index (χ1v) is 9.76. The smallest absolute Gasteiger partial charge is 0.343 e. The van der Waals surface area contributed by atoms with Gasteiger partial charge in [0.2, 0.25) is 0 Å². The van der Waals surface area contributed by atoms with Gasteiger partial charge in [-0.3, -0.25) is 0 Å². The Morgan fingerprint density at radius 3 is 1.23 bits per heavy atom. The van der Waals surface area contributed by atoms with Crippen LogP contribution < -0.4 is 9.47 Å². The van der Waals surface area contributed by atoms with Crippen LogP contribution in [0.4, 0.5) is 0 Å². The van der Waals surface area contributed by atoms with Crippen molar-refractivity contribution in [1.29, 1.82) is 0 Å². The van der Waals surface area contributed by atoms with Crippen molar-refractivity contribution < 1.29 is 19.1 Å². The van der Waals surface area contributed by atoms with Gasteiger partial charge in [0.25, 0.3) is 0 Å². The lowest BCUT2D eigenvalue weighted by Crippen LogP contribution is -2.11. The second kappa shape index (κ2) is 8.57. The summed E-state index contributed by atoms with van der Waals surface area (Å²) in [5, 5.41) is 0.949. The minimum atomic E-state index is -0.576. The average molecular weight is 437 g/mol. The first-order chi connectivity index (χ1) is 14.6. The van der Waals surface area contributed by atoms with Crippen molar-refractivity contribution in [2.75, 3.05) is 0 Å². The molecule has 4 rings (SSSR count). The second-order valence-corrected chi connectivity index (χ2v) is 7.10. The summed E-state index contributed by atoms with van der Waals surface area (Å²) in [5.74, 6) is -0.947. The van der Waals surface area contributed by atoms with Crippen LogP contribution in [0.5, 0.6) is 11.5 Å². The van der Waals surface area contributed by atoms with Crippen LogP contribution in [0.2, 0.25) is 10.0 Å². The zero-order chi connectivity index (χ0) is 21.1. The van der Waals surface area contributed by atoms with E-state index in [1.165, 1.54) is 0 Å². The second-order valence-electron chi connectivity index (χ2n) is 6.34. The Kier molecular flexibility index (Phi) is 5.70. The van der Waals surface area contributed by atoms with Crippen LogP contribution in [0.3, 0.4) is 0 Å². The van der Waals surface area contributed by atoms with Crippen molar-refractivity contribution in [3.63, 3.8) is 0 Å². The van der Waals surface area contributed by atoms with Crippen molar-refractivity contribution in [3.05, 3.63) is 106 Å². The zero-order valence-electron chi connectivity index (χ0n) is 15.5. The van der Waals surface area contributed by atoms with Gasteiger partial charge in [0.1, 0.15) is 10.0 Å².